The number of carbonyl (C=O) groups excluding carboxylic acids is 2. The summed E-state index contributed by atoms with van der Waals surface area (Å²) in [7, 11) is 0. The maximum atomic E-state index is 14.7. The van der Waals surface area contributed by atoms with Gasteiger partial charge in [-0.2, -0.15) is 0 Å². The second-order valence-corrected chi connectivity index (χ2v) is 9.78. The highest BCUT2D eigenvalue weighted by atomic mass is 19.1. The number of urea groups is 1. The van der Waals surface area contributed by atoms with Crippen molar-refractivity contribution in [3.8, 4) is 17.1 Å². The average molecular weight is 579 g/mol. The number of anilines is 4. The minimum Gasteiger partial charge on any atom is -0.488 e. The molecule has 0 radical (unpaired) electrons. The predicted molar refractivity (Wildman–Crippen MR) is 158 cm³/mol. The standard InChI is InChI=1S/C30H35FN6O5/c1-3-25(38)26-27(42-4-2)29(37-13-17-41-18-14-37)35-28(34-26)20-5-7-21(8-6-20)32-30(39)33-22-9-10-24(23(31)19-22)36-11-15-40-16-12-36/h5-10,19H,3-4,11-18H2,1-2H3,(H2,32,33,39). The molecule has 12 heteroatoms. The smallest absolute Gasteiger partial charge is 0.323 e. The second-order valence-electron chi connectivity index (χ2n) is 9.78. The van der Waals surface area contributed by atoms with E-state index in [4.69, 9.17) is 19.2 Å². The van der Waals surface area contributed by atoms with Crippen LogP contribution in [0.1, 0.15) is 30.8 Å². The molecule has 1 aromatic heterocycles. The first-order valence-electron chi connectivity index (χ1n) is 14.2. The van der Waals surface area contributed by atoms with Crippen LogP contribution in [0.5, 0.6) is 5.75 Å². The molecule has 2 saturated heterocycles. The molecule has 2 amide bonds. The van der Waals surface area contributed by atoms with E-state index in [0.717, 1.165) is 0 Å². The zero-order valence-electron chi connectivity index (χ0n) is 23.8. The minimum absolute atomic E-state index is 0.138. The maximum Gasteiger partial charge on any atom is 0.323 e. The summed E-state index contributed by atoms with van der Waals surface area (Å²) in [4.78, 5) is 38.9. The van der Waals surface area contributed by atoms with Crippen molar-refractivity contribution in [3.05, 3.63) is 54.0 Å². The number of ether oxygens (including phenoxy) is 3. The summed E-state index contributed by atoms with van der Waals surface area (Å²) in [6.07, 6.45) is 0.275. The van der Waals surface area contributed by atoms with E-state index < -0.39 is 11.8 Å². The van der Waals surface area contributed by atoms with E-state index in [2.05, 4.69) is 15.6 Å². The fourth-order valence-corrected chi connectivity index (χ4v) is 4.83. The van der Waals surface area contributed by atoms with Crippen LogP contribution in [0.4, 0.5) is 32.1 Å². The van der Waals surface area contributed by atoms with E-state index in [0.29, 0.717) is 99.2 Å². The van der Waals surface area contributed by atoms with Crippen molar-refractivity contribution >= 4 is 34.7 Å². The number of nitrogens with zero attached hydrogens (tertiary/aromatic N) is 4. The van der Waals surface area contributed by atoms with Crippen LogP contribution in [0.3, 0.4) is 0 Å². The molecule has 2 fully saturated rings. The number of benzene rings is 2. The number of aromatic nitrogens is 2. The molecule has 2 aromatic carbocycles. The fraction of sp³-hybridized carbons (Fsp3) is 0.400. The summed E-state index contributed by atoms with van der Waals surface area (Å²) >= 11 is 0. The van der Waals surface area contributed by atoms with Crippen molar-refractivity contribution in [3.63, 3.8) is 0 Å². The highest BCUT2D eigenvalue weighted by Crippen LogP contribution is 2.34. The average Bonchev–Trinajstić information content (AvgIpc) is 3.02. The molecule has 0 spiro atoms. The van der Waals surface area contributed by atoms with Gasteiger partial charge in [0, 0.05) is 49.5 Å². The Morgan fingerprint density at radius 2 is 1.50 bits per heavy atom. The number of rotatable bonds is 9. The quantitative estimate of drug-likeness (QED) is 0.352. The van der Waals surface area contributed by atoms with Crippen molar-refractivity contribution in [1.29, 1.82) is 0 Å². The van der Waals surface area contributed by atoms with E-state index in [1.54, 1.807) is 43.3 Å². The van der Waals surface area contributed by atoms with Crippen LogP contribution in [-0.4, -0.2) is 81.0 Å². The summed E-state index contributed by atoms with van der Waals surface area (Å²) in [5, 5.41) is 5.43. The minimum atomic E-state index is -0.510. The molecule has 3 heterocycles. The summed E-state index contributed by atoms with van der Waals surface area (Å²) in [5.41, 5.74) is 2.26. The highest BCUT2D eigenvalue weighted by Gasteiger charge is 2.26. The Bertz CT molecular complexity index is 1410. The summed E-state index contributed by atoms with van der Waals surface area (Å²) in [6.45, 7) is 8.70. The summed E-state index contributed by atoms with van der Waals surface area (Å²) < 4.78 is 31.4. The highest BCUT2D eigenvalue weighted by molar-refractivity contribution is 6.00. The van der Waals surface area contributed by atoms with Gasteiger partial charge in [-0.1, -0.05) is 6.92 Å². The van der Waals surface area contributed by atoms with Crippen LogP contribution in [0.25, 0.3) is 11.4 Å². The van der Waals surface area contributed by atoms with Crippen molar-refractivity contribution in [1.82, 2.24) is 9.97 Å². The molecule has 0 atom stereocenters. The molecule has 5 rings (SSSR count). The molecule has 11 nitrogen and oxygen atoms in total. The Morgan fingerprint density at radius 1 is 0.881 bits per heavy atom. The Hall–Kier alpha value is -4.29. The maximum absolute atomic E-state index is 14.7. The summed E-state index contributed by atoms with van der Waals surface area (Å²) in [5.74, 6) is 0.783. The molecule has 0 unspecified atom stereocenters. The van der Waals surface area contributed by atoms with E-state index in [1.165, 1.54) is 6.07 Å². The van der Waals surface area contributed by atoms with Gasteiger partial charge in [-0.15, -0.1) is 0 Å². The number of hydrogen-bond donors (Lipinski definition) is 2. The zero-order chi connectivity index (χ0) is 29.5. The van der Waals surface area contributed by atoms with Gasteiger partial charge in [0.05, 0.1) is 38.7 Å². The van der Waals surface area contributed by atoms with Crippen LogP contribution < -0.4 is 25.2 Å². The first-order valence-corrected chi connectivity index (χ1v) is 14.2. The van der Waals surface area contributed by atoms with Crippen LogP contribution in [0, 0.1) is 5.82 Å². The third kappa shape index (κ3) is 6.77. The Labute approximate surface area is 244 Å². The van der Waals surface area contributed by atoms with Crippen molar-refractivity contribution < 1.29 is 28.2 Å². The number of Topliss-reactive ketones (excluding diaryl/α,β-unsaturated/α-hetero) is 1. The molecule has 0 bridgehead atoms. The SMILES string of the molecule is CCOc1c(C(=O)CC)nc(-c2ccc(NC(=O)Nc3ccc(N4CCOCC4)c(F)c3)cc2)nc1N1CCOCC1. The number of hydrogen-bond acceptors (Lipinski definition) is 9. The molecule has 222 valence electrons. The molecule has 0 saturated carbocycles. The Kier molecular flexibility index (Phi) is 9.45. The number of morpholine rings is 2. The van der Waals surface area contributed by atoms with E-state index in [-0.39, 0.29) is 17.9 Å². The van der Waals surface area contributed by atoms with E-state index in [9.17, 15) is 14.0 Å². The van der Waals surface area contributed by atoms with Gasteiger partial charge < -0.3 is 34.6 Å². The first kappa shape index (κ1) is 29.2. The van der Waals surface area contributed by atoms with Crippen LogP contribution in [0.15, 0.2) is 42.5 Å². The first-order chi connectivity index (χ1) is 20.5. The van der Waals surface area contributed by atoms with Crippen molar-refractivity contribution in [2.75, 3.05) is 79.6 Å². The van der Waals surface area contributed by atoms with Gasteiger partial charge in [0.15, 0.2) is 28.9 Å². The summed E-state index contributed by atoms with van der Waals surface area (Å²) in [6, 6.07) is 11.1. The zero-order valence-corrected chi connectivity index (χ0v) is 23.8. The van der Waals surface area contributed by atoms with Gasteiger partial charge in [0.2, 0.25) is 0 Å². The number of halogens is 1. The fourth-order valence-electron chi connectivity index (χ4n) is 4.83. The van der Waals surface area contributed by atoms with Gasteiger partial charge in [-0.05, 0) is 49.4 Å². The van der Waals surface area contributed by atoms with Crippen LogP contribution in [-0.2, 0) is 9.47 Å². The molecule has 2 N–H and O–H groups in total. The number of carbonyl (C=O) groups is 2. The number of nitrogens with one attached hydrogen (secondary N) is 2. The topological polar surface area (TPSA) is 118 Å². The lowest BCUT2D eigenvalue weighted by Crippen LogP contribution is -2.37. The van der Waals surface area contributed by atoms with Gasteiger partial charge in [0.1, 0.15) is 5.82 Å². The Balaban J connectivity index is 1.31. The van der Waals surface area contributed by atoms with Gasteiger partial charge in [-0.3, -0.25) is 4.79 Å². The lowest BCUT2D eigenvalue weighted by molar-refractivity contribution is 0.0979. The molecule has 2 aliphatic rings. The van der Waals surface area contributed by atoms with Crippen LogP contribution >= 0.6 is 0 Å². The monoisotopic (exact) mass is 578 g/mol. The lowest BCUT2D eigenvalue weighted by Gasteiger charge is -2.30. The van der Waals surface area contributed by atoms with Crippen LogP contribution in [0.2, 0.25) is 0 Å². The third-order valence-corrected chi connectivity index (χ3v) is 6.99. The van der Waals surface area contributed by atoms with Crippen molar-refractivity contribution in [2.45, 2.75) is 20.3 Å². The molecule has 2 aliphatic heterocycles. The largest absolute Gasteiger partial charge is 0.488 e. The molecule has 3 aromatic rings. The Morgan fingerprint density at radius 3 is 2.12 bits per heavy atom. The van der Waals surface area contributed by atoms with Crippen molar-refractivity contribution in [2.24, 2.45) is 0 Å². The molecular weight excluding hydrogens is 543 g/mol. The van der Waals surface area contributed by atoms with E-state index >= 15 is 0 Å². The predicted octanol–water partition coefficient (Wildman–Crippen LogP) is 4.59. The van der Waals surface area contributed by atoms with Gasteiger partial charge >= 0.3 is 6.03 Å². The number of amides is 2. The van der Waals surface area contributed by atoms with Gasteiger partial charge in [-0.25, -0.2) is 19.2 Å². The molecule has 0 aliphatic carbocycles. The lowest BCUT2D eigenvalue weighted by atomic mass is 10.1. The molecular formula is C30H35FN6O5. The normalized spacial score (nSPS) is 15.3. The molecule has 42 heavy (non-hydrogen) atoms. The second kappa shape index (κ2) is 13.6. The third-order valence-electron chi connectivity index (χ3n) is 6.99. The number of ketones is 1. The van der Waals surface area contributed by atoms with Gasteiger partial charge in [0.25, 0.3) is 0 Å². The van der Waals surface area contributed by atoms with E-state index in [1.807, 2.05) is 16.7 Å².